The van der Waals surface area contributed by atoms with Gasteiger partial charge in [0.25, 0.3) is 0 Å². The molecule has 1 atom stereocenters. The van der Waals surface area contributed by atoms with Crippen LogP contribution in [0.2, 0.25) is 0 Å². The number of hydrogen-bond donors (Lipinski definition) is 1. The van der Waals surface area contributed by atoms with E-state index in [-0.39, 0.29) is 31.9 Å². The van der Waals surface area contributed by atoms with E-state index in [0.29, 0.717) is 18.9 Å². The minimum absolute atomic E-state index is 0. The van der Waals surface area contributed by atoms with Crippen molar-refractivity contribution in [3.8, 4) is 22.4 Å². The molecule has 1 aliphatic heterocycles. The Kier molecular flexibility index (Phi) is 10.5. The zero-order valence-corrected chi connectivity index (χ0v) is 23.5. The third-order valence-corrected chi connectivity index (χ3v) is 6.56. The molecule has 9 heteroatoms. The van der Waals surface area contributed by atoms with Crippen molar-refractivity contribution in [3.05, 3.63) is 78.0 Å². The molecule has 204 valence electrons. The lowest BCUT2D eigenvalue weighted by molar-refractivity contribution is -0.153. The van der Waals surface area contributed by atoms with Crippen molar-refractivity contribution in [2.45, 2.75) is 52.6 Å². The van der Waals surface area contributed by atoms with Crippen molar-refractivity contribution in [2.75, 3.05) is 6.67 Å². The molecule has 0 saturated heterocycles. The molecular weight excluding hydrogens is 510 g/mol. The van der Waals surface area contributed by atoms with Crippen LogP contribution in [-0.2, 0) is 16.1 Å². The van der Waals surface area contributed by atoms with Crippen molar-refractivity contribution in [1.82, 2.24) is 9.88 Å². The van der Waals surface area contributed by atoms with Gasteiger partial charge in [0.05, 0.1) is 5.69 Å². The highest BCUT2D eigenvalue weighted by Gasteiger charge is 2.32. The lowest BCUT2D eigenvalue weighted by Crippen LogP contribution is -2.47. The summed E-state index contributed by atoms with van der Waals surface area (Å²) in [5.41, 5.74) is 5.34. The Morgan fingerprint density at radius 2 is 1.77 bits per heavy atom. The molecule has 2 heterocycles. The zero-order valence-electron chi connectivity index (χ0n) is 22.5. The van der Waals surface area contributed by atoms with Gasteiger partial charge in [-0.25, -0.2) is 9.79 Å². The molecule has 4 rings (SSSR count). The maximum Gasteiger partial charge on any atom is 0.326 e. The molecule has 0 unspecified atom stereocenters. The monoisotopic (exact) mass is 545 g/mol. The number of hydrogen-bond acceptors (Lipinski definition) is 6. The molecule has 0 spiro atoms. The van der Waals surface area contributed by atoms with E-state index in [4.69, 9.17) is 4.98 Å². The summed E-state index contributed by atoms with van der Waals surface area (Å²) >= 11 is 0. The number of amidine groups is 1. The second-order valence-electron chi connectivity index (χ2n) is 9.69. The first-order valence-electron chi connectivity index (χ1n) is 13.0. The summed E-state index contributed by atoms with van der Waals surface area (Å²) in [7, 11) is 0. The highest BCUT2D eigenvalue weighted by Crippen LogP contribution is 2.30. The van der Waals surface area contributed by atoms with Crippen molar-refractivity contribution in [3.63, 3.8) is 0 Å². The van der Waals surface area contributed by atoms with E-state index >= 15 is 0 Å². The Morgan fingerprint density at radius 3 is 2.36 bits per heavy atom. The molecule has 0 fully saturated rings. The number of aliphatic carboxylic acids is 1. The third-order valence-electron chi connectivity index (χ3n) is 6.56. The molecule has 1 N–H and O–H groups in total. The second kappa shape index (κ2) is 13.8. The Labute approximate surface area is 236 Å². The van der Waals surface area contributed by atoms with Crippen LogP contribution in [0.3, 0.4) is 0 Å². The molecule has 39 heavy (non-hydrogen) atoms. The summed E-state index contributed by atoms with van der Waals surface area (Å²) in [6.45, 7) is 6.15. The van der Waals surface area contributed by atoms with E-state index < -0.39 is 12.0 Å². The van der Waals surface area contributed by atoms with Crippen molar-refractivity contribution in [1.29, 1.82) is 0 Å². The van der Waals surface area contributed by atoms with E-state index in [1.807, 2.05) is 63.2 Å². The van der Waals surface area contributed by atoms with Gasteiger partial charge in [0.15, 0.2) is 12.5 Å². The third kappa shape index (κ3) is 7.17. The van der Waals surface area contributed by atoms with Gasteiger partial charge in [-0.05, 0) is 47.2 Å². The maximum atomic E-state index is 13.0. The number of aliphatic imine (C=N–C) groups is 1. The lowest BCUT2D eigenvalue weighted by atomic mass is 9.96. The molecule has 1 aromatic heterocycles. The number of aromatic nitrogens is 1. The smallest absolute Gasteiger partial charge is 0.326 e. The van der Waals surface area contributed by atoms with Crippen LogP contribution < -0.4 is 0 Å². The van der Waals surface area contributed by atoms with E-state index in [0.717, 1.165) is 46.4 Å². The summed E-state index contributed by atoms with van der Waals surface area (Å²) in [5, 5.41) is 18.1. The Balaban J connectivity index is 0.00000420. The molecule has 8 nitrogen and oxygen atoms in total. The maximum absolute atomic E-state index is 13.0. The predicted molar refractivity (Wildman–Crippen MR) is 158 cm³/mol. The number of amides is 1. The number of pyridine rings is 1. The van der Waals surface area contributed by atoms with Crippen LogP contribution >= 0.6 is 13.5 Å². The van der Waals surface area contributed by atoms with Gasteiger partial charge < -0.3 is 10.0 Å². The van der Waals surface area contributed by atoms with E-state index in [1.54, 1.807) is 6.20 Å². The molecule has 0 aliphatic carbocycles. The molecule has 1 amide bonds. The molecule has 2 aromatic carbocycles. The van der Waals surface area contributed by atoms with Gasteiger partial charge in [-0.2, -0.15) is 18.6 Å². The number of nitrogens with zero attached hydrogens (tertiary/aromatic N) is 5. The lowest BCUT2D eigenvalue weighted by Gasteiger charge is -2.31. The first-order valence-corrected chi connectivity index (χ1v) is 13.0. The number of carbonyl (C=O) groups excluding carboxylic acids is 1. The van der Waals surface area contributed by atoms with Gasteiger partial charge in [0, 0.05) is 30.3 Å². The SMILES string of the molecule is CCCCC(=O)N(Cc1ccc(-c2cc(-c3ccccc3)ccc2C2=NCN=N2)nc1)[C@H](C(=O)O)C(C)C.S. The summed E-state index contributed by atoms with van der Waals surface area (Å²) in [6, 6.07) is 19.1. The van der Waals surface area contributed by atoms with Crippen LogP contribution in [0.1, 0.15) is 51.2 Å². The normalized spacial score (nSPS) is 13.1. The number of benzene rings is 2. The first kappa shape index (κ1) is 29.7. The second-order valence-corrected chi connectivity index (χ2v) is 9.69. The topological polar surface area (TPSA) is 108 Å². The highest BCUT2D eigenvalue weighted by atomic mass is 32.1. The fourth-order valence-electron chi connectivity index (χ4n) is 4.59. The average molecular weight is 546 g/mol. The molecule has 0 saturated carbocycles. The summed E-state index contributed by atoms with van der Waals surface area (Å²) in [4.78, 5) is 35.7. The number of carboxylic acid groups (broad SMARTS) is 1. The van der Waals surface area contributed by atoms with Crippen molar-refractivity contribution in [2.24, 2.45) is 21.1 Å². The van der Waals surface area contributed by atoms with Crippen molar-refractivity contribution >= 4 is 31.2 Å². The van der Waals surface area contributed by atoms with Crippen LogP contribution in [0.4, 0.5) is 0 Å². The zero-order chi connectivity index (χ0) is 27.1. The van der Waals surface area contributed by atoms with E-state index in [9.17, 15) is 14.7 Å². The van der Waals surface area contributed by atoms with Crippen molar-refractivity contribution < 1.29 is 14.7 Å². The standard InChI is InChI=1S/C30H33N5O3.H2S/c1-4-5-11-27(36)35(28(20(2)3)30(37)38)18-21-12-15-26(31-17-21)25-16-23(22-9-7-6-8-10-22)13-14-24(25)29-32-19-33-34-29;/h6-10,12-17,20,28H,4-5,11,18-19H2,1-3H3,(H,37,38);1H2/t28-;/m0./s1. The number of carboxylic acids is 1. The minimum Gasteiger partial charge on any atom is -0.480 e. The average Bonchev–Trinajstić information content (AvgIpc) is 3.46. The predicted octanol–water partition coefficient (Wildman–Crippen LogP) is 6.33. The van der Waals surface area contributed by atoms with Gasteiger partial charge in [-0.3, -0.25) is 9.78 Å². The van der Waals surface area contributed by atoms with E-state index in [1.165, 1.54) is 4.90 Å². The Hall–Kier alpha value is -3.85. The Morgan fingerprint density at radius 1 is 1.00 bits per heavy atom. The Bertz CT molecular complexity index is 1340. The number of rotatable bonds is 11. The van der Waals surface area contributed by atoms with E-state index in [2.05, 4.69) is 33.4 Å². The van der Waals surface area contributed by atoms with Crippen LogP contribution in [0, 0.1) is 5.92 Å². The summed E-state index contributed by atoms with van der Waals surface area (Å²) < 4.78 is 0. The number of carbonyl (C=O) groups is 2. The molecule has 3 aromatic rings. The largest absolute Gasteiger partial charge is 0.480 e. The summed E-state index contributed by atoms with van der Waals surface area (Å²) in [5.74, 6) is -0.808. The van der Waals surface area contributed by atoms with Crippen LogP contribution in [0.5, 0.6) is 0 Å². The van der Waals surface area contributed by atoms with Gasteiger partial charge in [0.1, 0.15) is 6.04 Å². The van der Waals surface area contributed by atoms with Gasteiger partial charge in [-0.1, -0.05) is 69.7 Å². The number of unbranched alkanes of at least 4 members (excludes halogenated alkanes) is 1. The fraction of sp³-hybridized carbons (Fsp3) is 0.333. The van der Waals surface area contributed by atoms with Gasteiger partial charge in [0.2, 0.25) is 5.91 Å². The highest BCUT2D eigenvalue weighted by molar-refractivity contribution is 7.59. The van der Waals surface area contributed by atoms with Crippen LogP contribution in [-0.4, -0.2) is 45.4 Å². The quantitative estimate of drug-likeness (QED) is 0.304. The fourth-order valence-corrected chi connectivity index (χ4v) is 4.59. The number of azo groups is 1. The van der Waals surface area contributed by atoms with Gasteiger partial charge in [-0.15, -0.1) is 5.11 Å². The molecular formula is C30H35N5O3S. The van der Waals surface area contributed by atoms with Crippen LogP contribution in [0.25, 0.3) is 22.4 Å². The summed E-state index contributed by atoms with van der Waals surface area (Å²) in [6.07, 6.45) is 3.62. The van der Waals surface area contributed by atoms with Gasteiger partial charge >= 0.3 is 5.97 Å². The van der Waals surface area contributed by atoms with Crippen LogP contribution in [0.15, 0.2) is 82.1 Å². The first-order chi connectivity index (χ1) is 18.4. The molecule has 0 bridgehead atoms. The molecule has 0 radical (unpaired) electrons. The molecule has 1 aliphatic rings. The minimum atomic E-state index is -0.997.